The van der Waals surface area contributed by atoms with Gasteiger partial charge in [-0.1, -0.05) is 118 Å². The van der Waals surface area contributed by atoms with Crippen LogP contribution in [0.2, 0.25) is 0 Å². The number of rotatable bonds is 40. The van der Waals surface area contributed by atoms with Gasteiger partial charge in [0.25, 0.3) is 0 Å². The van der Waals surface area contributed by atoms with E-state index in [9.17, 15) is 19.2 Å². The summed E-state index contributed by atoms with van der Waals surface area (Å²) in [5, 5.41) is 0. The summed E-state index contributed by atoms with van der Waals surface area (Å²) in [4.78, 5) is 51.8. The minimum atomic E-state index is -0.360. The van der Waals surface area contributed by atoms with Crippen LogP contribution in [-0.2, 0) is 28.7 Å². The summed E-state index contributed by atoms with van der Waals surface area (Å²) in [6, 6.07) is 0. The van der Waals surface area contributed by atoms with Crippen molar-refractivity contribution < 1.29 is 28.7 Å². The first-order chi connectivity index (χ1) is 25.8. The van der Waals surface area contributed by atoms with Crippen molar-refractivity contribution in [1.82, 2.24) is 4.90 Å². The normalized spacial score (nSPS) is 11.4. The van der Waals surface area contributed by atoms with E-state index >= 15 is 0 Å². The number of carbonyl (C=O) groups is 4. The summed E-state index contributed by atoms with van der Waals surface area (Å²) in [7, 11) is 1.71. The fourth-order valence-corrected chi connectivity index (χ4v) is 9.08. The molecule has 53 heavy (non-hydrogen) atoms. The molecule has 0 aliphatic heterocycles. The molecule has 0 rings (SSSR count). The Morgan fingerprint density at radius 1 is 0.509 bits per heavy atom. The molecule has 0 aromatic carbocycles. The maximum atomic E-state index is 13.0. The lowest BCUT2D eigenvalue weighted by Gasteiger charge is -2.21. The molecule has 9 heteroatoms. The van der Waals surface area contributed by atoms with Gasteiger partial charge >= 0.3 is 11.9 Å². The smallest absolute Gasteiger partial charge is 0.325 e. The largest absolute Gasteiger partial charge is 0.466 e. The van der Waals surface area contributed by atoms with Gasteiger partial charge in [0.2, 0.25) is 5.91 Å². The number of hydrogen-bond acceptors (Lipinski definition) is 8. The molecule has 0 saturated carbocycles. The molecule has 0 aromatic rings. The van der Waals surface area contributed by atoms with Gasteiger partial charge in [-0.15, -0.1) is 23.5 Å². The first-order valence-corrected chi connectivity index (χ1v) is 24.2. The maximum Gasteiger partial charge on any atom is 0.325 e. The lowest BCUT2D eigenvalue weighted by atomic mass is 9.91. The van der Waals surface area contributed by atoms with Crippen LogP contribution >= 0.6 is 23.5 Å². The molecule has 0 heterocycles. The molecular weight excluding hydrogens is 703 g/mol. The van der Waals surface area contributed by atoms with Gasteiger partial charge in [0.1, 0.15) is 12.3 Å². The van der Waals surface area contributed by atoms with Crippen molar-refractivity contribution in [3.8, 4) is 0 Å². The summed E-state index contributed by atoms with van der Waals surface area (Å²) in [5.41, 5.74) is 0. The van der Waals surface area contributed by atoms with E-state index in [1.54, 1.807) is 7.05 Å². The molecule has 0 radical (unpaired) electrons. The average Bonchev–Trinajstić information content (AvgIpc) is 3.14. The van der Waals surface area contributed by atoms with Crippen molar-refractivity contribution in [2.24, 2.45) is 5.92 Å². The van der Waals surface area contributed by atoms with Crippen LogP contribution < -0.4 is 0 Å². The Hall–Kier alpha value is -1.22. The van der Waals surface area contributed by atoms with Crippen molar-refractivity contribution in [2.75, 3.05) is 38.3 Å². The summed E-state index contributed by atoms with van der Waals surface area (Å²) in [6.45, 7) is 9.64. The van der Waals surface area contributed by atoms with Crippen molar-refractivity contribution in [3.63, 3.8) is 0 Å². The number of thioether (sulfide) groups is 2. The predicted octanol–water partition coefficient (Wildman–Crippen LogP) is 12.5. The van der Waals surface area contributed by atoms with E-state index in [-0.39, 0.29) is 34.8 Å². The van der Waals surface area contributed by atoms with Crippen LogP contribution in [0.4, 0.5) is 0 Å². The highest BCUT2D eigenvalue weighted by Crippen LogP contribution is 2.29. The summed E-state index contributed by atoms with van der Waals surface area (Å²) < 4.78 is 11.2. The molecule has 0 unspecified atom stereocenters. The molecule has 0 N–H and O–H groups in total. The number of esters is 2. The molecule has 1 amide bonds. The number of likely N-dealkylation sites (N-methyl/N-ethyl adjacent to an activating group) is 1. The topological polar surface area (TPSA) is 90.0 Å². The Morgan fingerprint density at radius 3 is 1.43 bits per heavy atom. The van der Waals surface area contributed by atoms with E-state index < -0.39 is 0 Å². The molecule has 0 aliphatic rings. The minimum Gasteiger partial charge on any atom is -0.466 e. The number of ketones is 1. The standard InChI is InChI=1S/C44H83NO6S2/c1-6-10-14-16-20-28-39(29-21-17-15-11-7-2)36-41(47)45(5)38-43(49)51-33-25-19-23-31-40(46)30-22-18-24-32-50-42(48)37-44(52-34-26-12-8-3)53-35-27-13-9-4/h39,44H,6-38H2,1-5H3. The van der Waals surface area contributed by atoms with Crippen LogP contribution in [-0.4, -0.2) is 71.4 Å². The minimum absolute atomic E-state index is 0.00680. The number of ether oxygens (including phenoxy) is 2. The Balaban J connectivity index is 4.09. The lowest BCUT2D eigenvalue weighted by molar-refractivity contribution is -0.149. The molecule has 0 spiro atoms. The molecule has 0 aromatic heterocycles. The van der Waals surface area contributed by atoms with Crippen molar-refractivity contribution >= 4 is 47.2 Å². The zero-order valence-corrected chi connectivity index (χ0v) is 36.8. The second-order valence-electron chi connectivity index (χ2n) is 15.1. The second kappa shape index (κ2) is 39.0. The highest BCUT2D eigenvalue weighted by atomic mass is 32.2. The lowest BCUT2D eigenvalue weighted by Crippen LogP contribution is -2.34. The Labute approximate surface area is 335 Å². The number of Topliss-reactive ketones (excluding diaryl/α,β-unsaturated/α-hetero) is 1. The molecular formula is C44H83NO6S2. The molecule has 0 bridgehead atoms. The SMILES string of the molecule is CCCCCCCC(CCCCCCC)CC(=O)N(C)CC(=O)OCCCCCC(=O)CCCCCOC(=O)CC(SCCCCC)SCCCCC. The molecule has 0 aliphatic carbocycles. The number of hydrogen-bond donors (Lipinski definition) is 0. The van der Waals surface area contributed by atoms with Crippen LogP contribution in [0.1, 0.15) is 207 Å². The van der Waals surface area contributed by atoms with Crippen LogP contribution in [0.5, 0.6) is 0 Å². The van der Waals surface area contributed by atoms with Gasteiger partial charge in [-0.25, -0.2) is 0 Å². The number of nitrogens with zero attached hydrogens (tertiary/aromatic N) is 1. The van der Waals surface area contributed by atoms with Crippen molar-refractivity contribution in [1.29, 1.82) is 0 Å². The molecule has 0 fully saturated rings. The number of unbranched alkanes of at least 4 members (excludes halogenated alkanes) is 16. The highest BCUT2D eigenvalue weighted by molar-refractivity contribution is 8.17. The highest BCUT2D eigenvalue weighted by Gasteiger charge is 2.20. The van der Waals surface area contributed by atoms with Gasteiger partial charge in [-0.3, -0.25) is 19.2 Å². The van der Waals surface area contributed by atoms with E-state index in [1.165, 1.54) is 108 Å². The fourth-order valence-electron chi connectivity index (χ4n) is 6.35. The Morgan fingerprint density at radius 2 is 0.943 bits per heavy atom. The van der Waals surface area contributed by atoms with Crippen molar-refractivity contribution in [3.05, 3.63) is 0 Å². The van der Waals surface area contributed by atoms with E-state index in [1.807, 2.05) is 23.5 Å². The van der Waals surface area contributed by atoms with Crippen LogP contribution in [0, 0.1) is 5.92 Å². The van der Waals surface area contributed by atoms with Crippen LogP contribution in [0.3, 0.4) is 0 Å². The first-order valence-electron chi connectivity index (χ1n) is 22.1. The van der Waals surface area contributed by atoms with Gasteiger partial charge in [0.15, 0.2) is 0 Å². The molecule has 312 valence electrons. The maximum absolute atomic E-state index is 13.0. The summed E-state index contributed by atoms with van der Waals surface area (Å²) in [6.07, 6.45) is 28.9. The third-order valence-corrected chi connectivity index (χ3v) is 12.8. The third-order valence-electron chi connectivity index (χ3n) is 9.85. The van der Waals surface area contributed by atoms with Gasteiger partial charge in [0, 0.05) is 26.3 Å². The van der Waals surface area contributed by atoms with Crippen LogP contribution in [0.15, 0.2) is 0 Å². The summed E-state index contributed by atoms with van der Waals surface area (Å²) >= 11 is 3.82. The quantitative estimate of drug-likeness (QED) is 0.0345. The number of amides is 1. The molecule has 0 atom stereocenters. The average molecular weight is 786 g/mol. The molecule has 0 saturated heterocycles. The predicted molar refractivity (Wildman–Crippen MR) is 229 cm³/mol. The first kappa shape index (κ1) is 51.8. The Kier molecular flexibility index (Phi) is 38.1. The van der Waals surface area contributed by atoms with Gasteiger partial charge < -0.3 is 14.4 Å². The summed E-state index contributed by atoms with van der Waals surface area (Å²) in [5.74, 6) is 2.45. The van der Waals surface area contributed by atoms with Gasteiger partial charge in [-0.2, -0.15) is 0 Å². The zero-order chi connectivity index (χ0) is 39.2. The van der Waals surface area contributed by atoms with E-state index in [4.69, 9.17) is 9.47 Å². The van der Waals surface area contributed by atoms with E-state index in [0.29, 0.717) is 44.8 Å². The van der Waals surface area contributed by atoms with Gasteiger partial charge in [0.05, 0.1) is 24.2 Å². The monoisotopic (exact) mass is 786 g/mol. The van der Waals surface area contributed by atoms with Crippen molar-refractivity contribution in [2.45, 2.75) is 212 Å². The van der Waals surface area contributed by atoms with E-state index in [2.05, 4.69) is 27.7 Å². The fraction of sp³-hybridized carbons (Fsp3) is 0.909. The van der Waals surface area contributed by atoms with Crippen LogP contribution in [0.25, 0.3) is 0 Å². The molecule has 7 nitrogen and oxygen atoms in total. The zero-order valence-electron chi connectivity index (χ0n) is 35.2. The van der Waals surface area contributed by atoms with Gasteiger partial charge in [-0.05, 0) is 81.6 Å². The second-order valence-corrected chi connectivity index (χ2v) is 18.0. The number of carbonyl (C=O) groups excluding carboxylic acids is 4. The Bertz CT molecular complexity index is 862. The third kappa shape index (κ3) is 35.0. The van der Waals surface area contributed by atoms with E-state index in [0.717, 1.165) is 62.9 Å².